The lowest BCUT2D eigenvalue weighted by Gasteiger charge is -2.49. The fourth-order valence-electron chi connectivity index (χ4n) is 6.42. The van der Waals surface area contributed by atoms with Crippen molar-refractivity contribution in [3.63, 3.8) is 0 Å². The van der Waals surface area contributed by atoms with Gasteiger partial charge in [0.05, 0.1) is 33.0 Å². The monoisotopic (exact) mass is 756 g/mol. The van der Waals surface area contributed by atoms with E-state index >= 15 is 0 Å². The fourth-order valence-corrected chi connectivity index (χ4v) is 6.42. The second-order valence-corrected chi connectivity index (χ2v) is 12.9. The molecule has 0 aromatic heterocycles. The molecule has 4 aliphatic heterocycles. The van der Waals surface area contributed by atoms with Gasteiger partial charge in [0.15, 0.2) is 25.2 Å². The zero-order chi connectivity index (χ0) is 37.9. The zero-order valence-electron chi connectivity index (χ0n) is 27.5. The van der Waals surface area contributed by atoms with Crippen molar-refractivity contribution in [1.82, 2.24) is 0 Å². The molecule has 0 bridgehead atoms. The first-order valence-corrected chi connectivity index (χ1v) is 16.6. The minimum Gasteiger partial charge on any atom is -0.394 e. The van der Waals surface area contributed by atoms with Gasteiger partial charge < -0.3 is 104 Å². The van der Waals surface area contributed by atoms with Crippen LogP contribution in [0.5, 0.6) is 0 Å². The summed E-state index contributed by atoms with van der Waals surface area (Å²) in [6.45, 7) is -3.31. The van der Waals surface area contributed by atoms with Crippen LogP contribution in [0.3, 0.4) is 0 Å². The van der Waals surface area contributed by atoms with Crippen LogP contribution in [0.2, 0.25) is 0 Å². The third-order valence-electron chi connectivity index (χ3n) is 9.44. The lowest BCUT2D eigenvalue weighted by molar-refractivity contribution is -0.388. The Kier molecular flexibility index (Phi) is 14.7. The third-order valence-corrected chi connectivity index (χ3v) is 9.44. The zero-order valence-corrected chi connectivity index (χ0v) is 27.5. The van der Waals surface area contributed by atoms with Crippen LogP contribution in [0.25, 0.3) is 0 Å². The van der Waals surface area contributed by atoms with Gasteiger partial charge >= 0.3 is 0 Å². The maximum Gasteiger partial charge on any atom is 0.187 e. The summed E-state index contributed by atoms with van der Waals surface area (Å²) in [6, 6.07) is 8.86. The van der Waals surface area contributed by atoms with Gasteiger partial charge in [0.25, 0.3) is 0 Å². The molecule has 1 aromatic rings. The van der Waals surface area contributed by atoms with E-state index in [-0.39, 0.29) is 6.61 Å². The van der Waals surface area contributed by atoms with Crippen molar-refractivity contribution >= 4 is 0 Å². The molecule has 1 aromatic carbocycles. The van der Waals surface area contributed by atoms with Crippen molar-refractivity contribution in [2.24, 2.45) is 0 Å². The third kappa shape index (κ3) is 8.75. The minimum absolute atomic E-state index is 0.00339. The fraction of sp³-hybridized carbons (Fsp3) is 0.806. The summed E-state index contributed by atoms with van der Waals surface area (Å²) in [5, 5.41) is 135. The average Bonchev–Trinajstić information content (AvgIpc) is 3.15. The molecule has 21 heteroatoms. The Morgan fingerprint density at radius 2 is 0.750 bits per heavy atom. The number of hydrogen-bond acceptors (Lipinski definition) is 21. The van der Waals surface area contributed by atoms with Gasteiger partial charge in [0.2, 0.25) is 0 Å². The van der Waals surface area contributed by atoms with Crippen molar-refractivity contribution in [2.75, 3.05) is 26.4 Å². The summed E-state index contributed by atoms with van der Waals surface area (Å²) < 4.78 is 44.5. The molecular formula is C31H48O21. The number of aliphatic hydroxyl groups excluding tert-OH is 13. The first kappa shape index (κ1) is 41.5. The summed E-state index contributed by atoms with van der Waals surface area (Å²) >= 11 is 0. The van der Waals surface area contributed by atoms with Gasteiger partial charge in [-0.25, -0.2) is 0 Å². The molecule has 0 radical (unpaired) electrons. The van der Waals surface area contributed by atoms with Crippen LogP contribution in [-0.4, -0.2) is 216 Å². The highest BCUT2D eigenvalue weighted by molar-refractivity contribution is 5.13. The Hall–Kier alpha value is -1.62. The van der Waals surface area contributed by atoms with Crippen LogP contribution >= 0.6 is 0 Å². The normalized spacial score (nSPS) is 47.3. The van der Waals surface area contributed by atoms with Crippen molar-refractivity contribution < 1.29 is 104 Å². The lowest BCUT2D eigenvalue weighted by atomic mass is 9.95. The summed E-state index contributed by atoms with van der Waals surface area (Å²) in [7, 11) is 0. The highest BCUT2D eigenvalue weighted by Gasteiger charge is 2.55. The smallest absolute Gasteiger partial charge is 0.187 e. The van der Waals surface area contributed by atoms with Gasteiger partial charge in [-0.1, -0.05) is 30.3 Å². The van der Waals surface area contributed by atoms with Gasteiger partial charge in [0, 0.05) is 0 Å². The Morgan fingerprint density at radius 1 is 0.404 bits per heavy atom. The molecule has 0 amide bonds. The van der Waals surface area contributed by atoms with Crippen LogP contribution in [0.15, 0.2) is 30.3 Å². The number of ether oxygens (including phenoxy) is 8. The Bertz CT molecular complexity index is 1210. The molecule has 20 atom stereocenters. The quantitative estimate of drug-likeness (QED) is 0.0889. The molecule has 0 spiro atoms. The van der Waals surface area contributed by atoms with Crippen molar-refractivity contribution in [1.29, 1.82) is 0 Å². The standard InChI is InChI=1S/C31H48O21/c32-6-12-16(36)17(37)21(41)29(46-12)50-26-14(8-34)48-31(23(43)19(26)39)52-27-15(9-35)49-30(24(44)20(27)40)51-25-13(7-33)47-28(22(42)18(25)38)45-10-11-4-2-1-3-5-11/h1-5,12-44H,6-10H2/t12-,13-,14-,15-,16+,17+,18-,19-,20-,21-,22-,23-,24-,25-,26-,27-,28-,29+,30+,31+/m1/s1. The maximum absolute atomic E-state index is 11.1. The van der Waals surface area contributed by atoms with E-state index in [1.165, 1.54) is 0 Å². The van der Waals surface area contributed by atoms with Gasteiger partial charge in [-0.3, -0.25) is 0 Å². The van der Waals surface area contributed by atoms with E-state index in [9.17, 15) is 66.4 Å². The van der Waals surface area contributed by atoms with Crippen molar-refractivity contribution in [3.05, 3.63) is 35.9 Å². The molecule has 4 heterocycles. The molecule has 5 rings (SSSR count). The first-order chi connectivity index (χ1) is 24.8. The van der Waals surface area contributed by atoms with Gasteiger partial charge in [-0.05, 0) is 5.56 Å². The summed E-state index contributed by atoms with van der Waals surface area (Å²) in [5.41, 5.74) is 0.736. The molecule has 0 unspecified atom stereocenters. The predicted molar refractivity (Wildman–Crippen MR) is 163 cm³/mol. The molecule has 4 fully saturated rings. The number of benzene rings is 1. The summed E-state index contributed by atoms with van der Waals surface area (Å²) in [4.78, 5) is 0. The van der Waals surface area contributed by atoms with Crippen molar-refractivity contribution in [3.8, 4) is 0 Å². The number of rotatable bonds is 13. The second-order valence-electron chi connectivity index (χ2n) is 12.9. The largest absolute Gasteiger partial charge is 0.394 e. The van der Waals surface area contributed by atoms with E-state index in [1.807, 2.05) is 0 Å². The summed E-state index contributed by atoms with van der Waals surface area (Å²) in [6.07, 6.45) is -34.4. The van der Waals surface area contributed by atoms with Crippen LogP contribution in [0.4, 0.5) is 0 Å². The van der Waals surface area contributed by atoms with E-state index in [4.69, 9.17) is 37.9 Å². The topological polar surface area (TPSA) is 337 Å². The average molecular weight is 757 g/mol. The second kappa shape index (κ2) is 18.3. The molecule has 4 aliphatic rings. The van der Waals surface area contributed by atoms with Crippen molar-refractivity contribution in [2.45, 2.75) is 129 Å². The SMILES string of the molecule is OC[C@H]1O[C@@H](O[C@H]2[C@H](O)[C@@H](O)[C@H](O[C@H]3[C@H](O)[C@@H](O)[C@H](O[C@H]4[C@H](O)[C@@H](O)[C@H](OCc5ccccc5)O[C@@H]4CO)O[C@@H]3CO)O[C@@H]2CO)[C@H](O)[C@@H](O)[C@H]1O. The molecule has 21 nitrogen and oxygen atoms in total. The Balaban J connectivity index is 1.21. The first-order valence-electron chi connectivity index (χ1n) is 16.6. The number of hydrogen-bond donors (Lipinski definition) is 13. The molecule has 4 saturated heterocycles. The lowest BCUT2D eigenvalue weighted by Crippen LogP contribution is -2.67. The van der Waals surface area contributed by atoms with Crippen LogP contribution in [0.1, 0.15) is 5.56 Å². The van der Waals surface area contributed by atoms with Gasteiger partial charge in [-0.15, -0.1) is 0 Å². The minimum atomic E-state index is -2.02. The van der Waals surface area contributed by atoms with E-state index in [0.29, 0.717) is 0 Å². The Labute approximate surface area is 296 Å². The highest BCUT2D eigenvalue weighted by Crippen LogP contribution is 2.34. The molecule has 52 heavy (non-hydrogen) atoms. The van der Waals surface area contributed by atoms with Gasteiger partial charge in [-0.2, -0.15) is 0 Å². The van der Waals surface area contributed by atoms with E-state index in [0.717, 1.165) is 5.56 Å². The maximum atomic E-state index is 11.1. The van der Waals surface area contributed by atoms with E-state index in [1.54, 1.807) is 30.3 Å². The molecule has 298 valence electrons. The highest BCUT2D eigenvalue weighted by atomic mass is 16.8. The molecule has 0 aliphatic carbocycles. The molecular weight excluding hydrogens is 708 g/mol. The molecule has 0 saturated carbocycles. The Morgan fingerprint density at radius 3 is 1.15 bits per heavy atom. The van der Waals surface area contributed by atoms with Gasteiger partial charge in [0.1, 0.15) is 97.7 Å². The number of aliphatic hydroxyl groups is 13. The van der Waals surface area contributed by atoms with Crippen LogP contribution < -0.4 is 0 Å². The van der Waals surface area contributed by atoms with Crippen LogP contribution in [-0.2, 0) is 44.5 Å². The molecule has 13 N–H and O–H groups in total. The van der Waals surface area contributed by atoms with E-state index < -0.39 is 149 Å². The summed E-state index contributed by atoms with van der Waals surface area (Å²) in [5.74, 6) is 0. The predicted octanol–water partition coefficient (Wildman–Crippen LogP) is -7.52. The van der Waals surface area contributed by atoms with Crippen LogP contribution in [0, 0.1) is 0 Å². The van der Waals surface area contributed by atoms with E-state index in [2.05, 4.69) is 0 Å².